The van der Waals surface area contributed by atoms with Crippen molar-refractivity contribution in [1.29, 1.82) is 0 Å². The van der Waals surface area contributed by atoms with Crippen LogP contribution in [-0.2, 0) is 0 Å². The molecule has 0 amide bonds. The van der Waals surface area contributed by atoms with E-state index < -0.39 is 0 Å². The molecule has 0 unspecified atom stereocenters. The highest BCUT2D eigenvalue weighted by atomic mass is 32.1. The Morgan fingerprint density at radius 3 is 0.900 bits per heavy atom. The Balaban J connectivity index is 0.000000200. The van der Waals surface area contributed by atoms with Gasteiger partial charge >= 0.3 is 0 Å². The van der Waals surface area contributed by atoms with Gasteiger partial charge in [-0.3, -0.25) is 0 Å². The van der Waals surface area contributed by atoms with E-state index in [0.717, 1.165) is 9.79 Å². The molecule has 0 spiro atoms. The molecule has 0 bridgehead atoms. The first-order chi connectivity index (χ1) is 9.22. The monoisotopic (exact) mass is 304 g/mol. The van der Waals surface area contributed by atoms with E-state index in [-0.39, 0.29) is 0 Å². The van der Waals surface area contributed by atoms with Crippen molar-refractivity contribution in [2.75, 3.05) is 0 Å². The lowest BCUT2D eigenvalue weighted by Crippen LogP contribution is -1.83. The van der Waals surface area contributed by atoms with Crippen molar-refractivity contribution in [1.82, 2.24) is 0 Å². The van der Waals surface area contributed by atoms with Gasteiger partial charge in [-0.15, -0.1) is 25.3 Å². The second kappa shape index (κ2) is 7.24. The molecule has 2 aromatic carbocycles. The lowest BCUT2D eigenvalue weighted by molar-refractivity contribution is 1.20. The van der Waals surface area contributed by atoms with Crippen LogP contribution in [0.2, 0.25) is 0 Å². The zero-order valence-corrected chi connectivity index (χ0v) is 15.0. The largest absolute Gasteiger partial charge is 0.143 e. The zero-order chi connectivity index (χ0) is 15.4. The first kappa shape index (κ1) is 17.2. The van der Waals surface area contributed by atoms with E-state index in [0.29, 0.717) is 0 Å². The number of rotatable bonds is 0. The summed E-state index contributed by atoms with van der Waals surface area (Å²) in [5.41, 5.74) is 7.68. The van der Waals surface area contributed by atoms with Crippen molar-refractivity contribution in [2.45, 2.75) is 51.3 Å². The predicted octanol–water partition coefficient (Wildman–Crippen LogP) is 5.80. The van der Waals surface area contributed by atoms with Gasteiger partial charge in [-0.2, -0.15) is 0 Å². The summed E-state index contributed by atoms with van der Waals surface area (Å²) in [4.78, 5) is 2.23. The van der Waals surface area contributed by atoms with Crippen LogP contribution >= 0.6 is 25.3 Å². The standard InChI is InChI=1S/2C9H12S/c2*1-6-4-7(2)9(10)8(3)5-6/h2*4-5,10H,1-3H3. The van der Waals surface area contributed by atoms with Crippen molar-refractivity contribution in [3.63, 3.8) is 0 Å². The number of hydrogen-bond donors (Lipinski definition) is 2. The molecule has 2 aromatic rings. The summed E-state index contributed by atoms with van der Waals surface area (Å²) < 4.78 is 0. The number of aryl methyl sites for hydroxylation is 6. The molecule has 20 heavy (non-hydrogen) atoms. The molecule has 0 heterocycles. The molecule has 0 nitrogen and oxygen atoms in total. The molecule has 0 fully saturated rings. The number of hydrogen-bond acceptors (Lipinski definition) is 2. The first-order valence-corrected chi connectivity index (χ1v) is 7.65. The van der Waals surface area contributed by atoms with E-state index in [1.54, 1.807) is 0 Å². The molecule has 0 atom stereocenters. The van der Waals surface area contributed by atoms with Crippen molar-refractivity contribution in [3.05, 3.63) is 57.6 Å². The minimum atomic E-state index is 1.12. The second-order valence-electron chi connectivity index (χ2n) is 5.49. The highest BCUT2D eigenvalue weighted by molar-refractivity contribution is 7.80. The molecule has 0 radical (unpaired) electrons. The minimum absolute atomic E-state index is 1.12. The lowest BCUT2D eigenvalue weighted by atomic mass is 10.1. The normalized spacial score (nSPS) is 10.0. The topological polar surface area (TPSA) is 0 Å². The van der Waals surface area contributed by atoms with Gasteiger partial charge in [-0.05, 0) is 63.8 Å². The van der Waals surface area contributed by atoms with Crippen LogP contribution in [0.5, 0.6) is 0 Å². The van der Waals surface area contributed by atoms with Gasteiger partial charge in [0.2, 0.25) is 0 Å². The fourth-order valence-corrected chi connectivity index (χ4v) is 2.60. The van der Waals surface area contributed by atoms with E-state index in [1.165, 1.54) is 33.4 Å². The van der Waals surface area contributed by atoms with Gasteiger partial charge in [0.25, 0.3) is 0 Å². The molecule has 108 valence electrons. The Morgan fingerprint density at radius 1 is 0.500 bits per heavy atom. The predicted molar refractivity (Wildman–Crippen MR) is 95.8 cm³/mol. The van der Waals surface area contributed by atoms with E-state index in [4.69, 9.17) is 0 Å². The summed E-state index contributed by atoms with van der Waals surface area (Å²) in [6.45, 7) is 12.6. The molecule has 0 saturated heterocycles. The van der Waals surface area contributed by atoms with Gasteiger partial charge in [-0.1, -0.05) is 35.4 Å². The Kier molecular flexibility index (Phi) is 6.22. The molecular formula is C18H24S2. The minimum Gasteiger partial charge on any atom is -0.143 e. The van der Waals surface area contributed by atoms with Crippen molar-refractivity contribution < 1.29 is 0 Å². The van der Waals surface area contributed by atoms with E-state index in [2.05, 4.69) is 91.1 Å². The summed E-state index contributed by atoms with van der Waals surface area (Å²) >= 11 is 8.72. The van der Waals surface area contributed by atoms with Crippen LogP contribution in [0.1, 0.15) is 33.4 Å². The SMILES string of the molecule is Cc1cc(C)c(S)c(C)c1.Cc1cc(C)c(S)c(C)c1. The summed E-state index contributed by atoms with van der Waals surface area (Å²) in [7, 11) is 0. The van der Waals surface area contributed by atoms with Gasteiger partial charge in [0, 0.05) is 9.79 Å². The average Bonchev–Trinajstić information content (AvgIpc) is 2.33. The maximum absolute atomic E-state index is 4.36. The Hall–Kier alpha value is -0.860. The Bertz CT molecular complexity index is 511. The van der Waals surface area contributed by atoms with Gasteiger partial charge in [0.15, 0.2) is 0 Å². The van der Waals surface area contributed by atoms with Gasteiger partial charge in [-0.25, -0.2) is 0 Å². The third-order valence-electron chi connectivity index (χ3n) is 3.27. The van der Waals surface area contributed by atoms with Crippen molar-refractivity contribution in [3.8, 4) is 0 Å². The number of thiol groups is 2. The smallest absolute Gasteiger partial charge is 0.00987 e. The molecule has 2 rings (SSSR count). The lowest BCUT2D eigenvalue weighted by Gasteiger charge is -2.03. The zero-order valence-electron chi connectivity index (χ0n) is 13.2. The molecule has 2 heteroatoms. The van der Waals surface area contributed by atoms with Crippen LogP contribution in [0.4, 0.5) is 0 Å². The highest BCUT2D eigenvalue weighted by Crippen LogP contribution is 2.19. The average molecular weight is 305 g/mol. The van der Waals surface area contributed by atoms with Crippen molar-refractivity contribution >= 4 is 25.3 Å². The maximum Gasteiger partial charge on any atom is 0.00987 e. The maximum atomic E-state index is 4.36. The third kappa shape index (κ3) is 4.60. The molecule has 0 aromatic heterocycles. The fourth-order valence-electron chi connectivity index (χ4n) is 2.34. The van der Waals surface area contributed by atoms with Gasteiger partial charge in [0.05, 0.1) is 0 Å². The fraction of sp³-hybridized carbons (Fsp3) is 0.333. The quantitative estimate of drug-likeness (QED) is 0.564. The second-order valence-corrected chi connectivity index (χ2v) is 6.39. The van der Waals surface area contributed by atoms with Gasteiger partial charge < -0.3 is 0 Å². The molecular weight excluding hydrogens is 280 g/mol. The molecule has 0 aliphatic rings. The van der Waals surface area contributed by atoms with Crippen LogP contribution in [0, 0.1) is 41.5 Å². The molecule has 0 N–H and O–H groups in total. The highest BCUT2D eigenvalue weighted by Gasteiger charge is 1.97. The van der Waals surface area contributed by atoms with Crippen LogP contribution in [-0.4, -0.2) is 0 Å². The summed E-state index contributed by atoms with van der Waals surface area (Å²) in [5.74, 6) is 0. The Labute approximate surface area is 134 Å². The first-order valence-electron chi connectivity index (χ1n) is 6.76. The van der Waals surface area contributed by atoms with Crippen LogP contribution in [0.25, 0.3) is 0 Å². The van der Waals surface area contributed by atoms with E-state index in [9.17, 15) is 0 Å². The molecule has 0 aliphatic heterocycles. The molecule has 0 saturated carbocycles. The Morgan fingerprint density at radius 2 is 0.700 bits per heavy atom. The van der Waals surface area contributed by atoms with Crippen LogP contribution in [0.3, 0.4) is 0 Å². The molecule has 0 aliphatic carbocycles. The van der Waals surface area contributed by atoms with Crippen molar-refractivity contribution in [2.24, 2.45) is 0 Å². The van der Waals surface area contributed by atoms with Gasteiger partial charge in [0.1, 0.15) is 0 Å². The number of benzene rings is 2. The third-order valence-corrected chi connectivity index (χ3v) is 4.68. The van der Waals surface area contributed by atoms with E-state index >= 15 is 0 Å². The van der Waals surface area contributed by atoms with E-state index in [1.807, 2.05) is 0 Å². The summed E-state index contributed by atoms with van der Waals surface area (Å²) in [5, 5.41) is 0. The summed E-state index contributed by atoms with van der Waals surface area (Å²) in [6.07, 6.45) is 0. The summed E-state index contributed by atoms with van der Waals surface area (Å²) in [6, 6.07) is 8.59. The van der Waals surface area contributed by atoms with Crippen LogP contribution < -0.4 is 0 Å². The van der Waals surface area contributed by atoms with Crippen LogP contribution in [0.15, 0.2) is 34.1 Å².